The second-order valence-corrected chi connectivity index (χ2v) is 28.4. The van der Waals surface area contributed by atoms with Crippen molar-refractivity contribution in [3.05, 3.63) is 351 Å². The van der Waals surface area contributed by atoms with Crippen LogP contribution in [0.25, 0.3) is 44.5 Å². The number of methoxy groups -OCH3 is 1. The fourth-order valence-corrected chi connectivity index (χ4v) is 12.3. The molecule has 14 aromatic carbocycles. The van der Waals surface area contributed by atoms with Crippen molar-refractivity contribution in [1.82, 2.24) is 0 Å². The van der Waals surface area contributed by atoms with Gasteiger partial charge in [0, 0.05) is 34.4 Å². The number of rotatable bonds is 17. The van der Waals surface area contributed by atoms with Crippen LogP contribution in [-0.2, 0) is 20.2 Å². The Morgan fingerprint density at radius 3 is 0.992 bits per heavy atom. The summed E-state index contributed by atoms with van der Waals surface area (Å²) in [5.74, 6) is -46.5. The molecule has 0 atom stereocenters. The first-order valence-corrected chi connectivity index (χ1v) is 38.0. The Hall–Kier alpha value is -12.1. The standard InChI is InChI=1S/C46H26F8O8S.C14H8F2.C12F10.C12H10O3.C6H6O5S.2K/c1-4-24-6-8-25(9-7-24)31-21-23(2)5-19-32(31)60-30-18-20-33(34(22-30)63(55,56)57)62-46-43(53)39(49)36(40(50)44(46)54)35-37(47)41(51)45(42(52)38(35)48)61-29-16-14-28(15-17-29)59-27-12-10-26(58-3)11-13-27;1-2-10-3-5-11(6-4-10)13-9-12(15)7-8-14(13)16;13-3-1(4(14)8(18)11(21)7(3)17)2-5(15)9(19)12(22)10(20)6(2)16;13-9-1-5-11(6-2-9)15-12-7-3-10(14)4-8-12;7-4-1-2-5(8)6(3-4)12(9,10)11;;/h1,5-22H,2-3H3,(H,55,56,57);1,3-9H;;1-8,13-14H;1-3,7-8H,(H,9,10,11);;/q;;;;;2*+1/p-2. The monoisotopic (exact) mass is 1910 g/mol. The van der Waals surface area contributed by atoms with Gasteiger partial charge in [-0.25, -0.2) is 87.1 Å². The van der Waals surface area contributed by atoms with Crippen LogP contribution in [0.2, 0.25) is 0 Å². The zero-order valence-corrected chi connectivity index (χ0v) is 73.9. The zero-order chi connectivity index (χ0) is 93.8. The molecule has 0 saturated carbocycles. The van der Waals surface area contributed by atoms with Gasteiger partial charge < -0.3 is 58.0 Å². The molecule has 130 heavy (non-hydrogen) atoms. The molecule has 0 unspecified atom stereocenters. The van der Waals surface area contributed by atoms with Crippen LogP contribution in [0.3, 0.4) is 0 Å². The van der Waals surface area contributed by atoms with Gasteiger partial charge in [0.25, 0.3) is 0 Å². The molecule has 0 aromatic heterocycles. The number of aryl methyl sites for hydroxylation is 1. The van der Waals surface area contributed by atoms with E-state index in [1.807, 2.05) is 0 Å². The number of aromatic hydroxyl groups is 4. The molecule has 658 valence electrons. The van der Waals surface area contributed by atoms with Gasteiger partial charge in [-0.3, -0.25) is 0 Å². The van der Waals surface area contributed by atoms with Gasteiger partial charge in [0.05, 0.1) is 34.3 Å². The van der Waals surface area contributed by atoms with E-state index in [1.165, 1.54) is 31.4 Å². The van der Waals surface area contributed by atoms with Gasteiger partial charge in [-0.05, 0) is 194 Å². The van der Waals surface area contributed by atoms with E-state index in [4.69, 9.17) is 61.7 Å². The molecule has 40 heteroatoms. The third kappa shape index (κ3) is 24.5. The third-order valence-corrected chi connectivity index (χ3v) is 19.0. The molecule has 0 radical (unpaired) electrons. The zero-order valence-electron chi connectivity index (χ0n) is 66.0. The summed E-state index contributed by atoms with van der Waals surface area (Å²) in [6.45, 7) is 1.78. The van der Waals surface area contributed by atoms with Crippen molar-refractivity contribution in [1.29, 1.82) is 0 Å². The average molecular weight is 1910 g/mol. The fourth-order valence-electron chi connectivity index (χ4n) is 11.1. The molecule has 0 amide bonds. The van der Waals surface area contributed by atoms with Crippen molar-refractivity contribution in [2.45, 2.75) is 16.7 Å². The average Bonchev–Trinajstić information content (AvgIpc) is 0.819. The van der Waals surface area contributed by atoms with Crippen LogP contribution in [0.1, 0.15) is 16.7 Å². The third-order valence-electron chi connectivity index (χ3n) is 17.2. The molecular formula is C90H48F20K2O16S2. The minimum absolute atomic E-state index is 0. The second-order valence-electron chi connectivity index (χ2n) is 25.7. The fraction of sp³-hybridized carbons (Fsp3) is 0.0222. The van der Waals surface area contributed by atoms with Crippen molar-refractivity contribution >= 4 is 20.2 Å². The van der Waals surface area contributed by atoms with Crippen LogP contribution in [0, 0.1) is 148 Å². The molecule has 0 bridgehead atoms. The van der Waals surface area contributed by atoms with Crippen LogP contribution in [0.4, 0.5) is 87.8 Å². The van der Waals surface area contributed by atoms with Gasteiger partial charge in [0.1, 0.15) is 112 Å². The Morgan fingerprint density at radius 2 is 0.623 bits per heavy atom. The Balaban J connectivity index is 0.000000249. The molecule has 0 aliphatic heterocycles. The van der Waals surface area contributed by atoms with Gasteiger partial charge in [0.15, 0.2) is 69.8 Å². The van der Waals surface area contributed by atoms with Crippen molar-refractivity contribution < 1.29 is 265 Å². The summed E-state index contributed by atoms with van der Waals surface area (Å²) in [7, 11) is -8.87. The second kappa shape index (κ2) is 44.5. The molecule has 0 aliphatic rings. The first-order chi connectivity index (χ1) is 60.4. The summed E-state index contributed by atoms with van der Waals surface area (Å²) in [6.07, 6.45) is 10.6. The molecular weight excluding hydrogens is 1860 g/mol. The first kappa shape index (κ1) is 103. The van der Waals surface area contributed by atoms with Crippen molar-refractivity contribution in [2.24, 2.45) is 0 Å². The van der Waals surface area contributed by atoms with E-state index < -0.39 is 197 Å². The van der Waals surface area contributed by atoms with E-state index in [2.05, 4.69) is 11.8 Å². The molecule has 14 aromatic rings. The summed E-state index contributed by atoms with van der Waals surface area (Å²) in [6, 6.07) is 50.6. The van der Waals surface area contributed by atoms with Crippen LogP contribution in [0.5, 0.6) is 86.2 Å². The van der Waals surface area contributed by atoms with Gasteiger partial charge >= 0.3 is 103 Å². The first-order valence-electron chi connectivity index (χ1n) is 35.2. The minimum Gasteiger partial charge on any atom is -0.744 e. The molecule has 0 spiro atoms. The number of halogens is 20. The minimum atomic E-state index is -5.62. The molecule has 0 aliphatic carbocycles. The number of benzene rings is 14. The number of ether oxygens (including phenoxy) is 6. The normalized spacial score (nSPS) is 10.7. The SMILES string of the molecule is C#Cc1ccc(-c2cc(C)ccc2Oc2ccc(Oc3c(F)c(F)c(-c4c(F)c(F)c(Oc5ccc(Oc6ccc(OC)cc6)cc5)c(F)c4F)c(F)c3F)c(S(=O)(=O)[O-])c2)cc1.C#Cc1ccc(-c2cc(F)ccc2F)cc1.Fc1c(F)c(F)c(-c2c(F)c(F)c(F)c(F)c2F)c(F)c1F.O=S(=O)([O-])c1cc(O)ccc1O.Oc1ccc(Oc2ccc(O)cc2)cc1.[K+].[K+]. The van der Waals surface area contributed by atoms with E-state index in [0.29, 0.717) is 69.0 Å². The molecule has 4 N–H and O–H groups in total. The molecule has 0 fully saturated rings. The van der Waals surface area contributed by atoms with Crippen molar-refractivity contribution in [3.8, 4) is 155 Å². The summed E-state index contributed by atoms with van der Waals surface area (Å²) >= 11 is 0. The number of terminal acetylenes is 2. The molecule has 14 rings (SSSR count). The Kier molecular flexibility index (Phi) is 35.3. The topological polar surface area (TPSA) is 251 Å². The largest absolute Gasteiger partial charge is 1.00 e. The number of phenols is 4. The van der Waals surface area contributed by atoms with E-state index in [-0.39, 0.29) is 143 Å². The maximum atomic E-state index is 15.6. The Morgan fingerprint density at radius 1 is 0.300 bits per heavy atom. The summed E-state index contributed by atoms with van der Waals surface area (Å²) in [5.41, 5.74) is -4.94. The van der Waals surface area contributed by atoms with Crippen LogP contribution in [0.15, 0.2) is 228 Å². The van der Waals surface area contributed by atoms with Gasteiger partial charge in [-0.2, -0.15) is 17.6 Å². The van der Waals surface area contributed by atoms with Gasteiger partial charge in [-0.15, -0.1) is 12.8 Å². The van der Waals surface area contributed by atoms with E-state index >= 15 is 35.1 Å². The maximum Gasteiger partial charge on any atom is 1.00 e. The van der Waals surface area contributed by atoms with E-state index in [9.17, 15) is 78.6 Å². The summed E-state index contributed by atoms with van der Waals surface area (Å²) in [4.78, 5) is -2.14. The van der Waals surface area contributed by atoms with Gasteiger partial charge in [0.2, 0.25) is 46.4 Å². The van der Waals surface area contributed by atoms with E-state index in [1.54, 1.807) is 140 Å². The molecule has 0 heterocycles. The molecule has 16 nitrogen and oxygen atoms in total. The maximum absolute atomic E-state index is 15.6. The van der Waals surface area contributed by atoms with Crippen molar-refractivity contribution in [2.75, 3.05) is 7.11 Å². The quantitative estimate of drug-likeness (QED) is 0.0126. The number of phenolic OH excluding ortho intramolecular Hbond substituents is 4. The van der Waals surface area contributed by atoms with Crippen molar-refractivity contribution in [3.63, 3.8) is 0 Å². The van der Waals surface area contributed by atoms with Gasteiger partial charge in [-0.1, -0.05) is 47.7 Å². The van der Waals surface area contributed by atoms with Crippen LogP contribution < -0.4 is 131 Å². The predicted molar refractivity (Wildman–Crippen MR) is 415 cm³/mol. The summed E-state index contributed by atoms with van der Waals surface area (Å²) < 4.78 is 381. The number of hydrogen-bond donors (Lipinski definition) is 4. The van der Waals surface area contributed by atoms with E-state index in [0.717, 1.165) is 48.0 Å². The van der Waals surface area contributed by atoms with Crippen LogP contribution >= 0.6 is 0 Å². The predicted octanol–water partition coefficient (Wildman–Crippen LogP) is 17.8. The summed E-state index contributed by atoms with van der Waals surface area (Å²) in [5, 5.41) is 35.8. The Labute approximate surface area is 808 Å². The van der Waals surface area contributed by atoms with Crippen LogP contribution in [-0.4, -0.2) is 53.5 Å². The molecule has 0 saturated heterocycles. The smallest absolute Gasteiger partial charge is 0.744 e. The Bertz CT molecular complexity index is 6680. The number of hydrogen-bond acceptors (Lipinski definition) is 16.